The van der Waals surface area contributed by atoms with Gasteiger partial charge in [-0.05, 0) is 66.3 Å². The molecular weight excluding hydrogens is 364 g/mol. The van der Waals surface area contributed by atoms with Gasteiger partial charge in [-0.15, -0.1) is 0 Å². The van der Waals surface area contributed by atoms with Gasteiger partial charge in [-0.1, -0.05) is 40.7 Å². The van der Waals surface area contributed by atoms with Crippen LogP contribution in [0, 0.1) is 45.3 Å². The van der Waals surface area contributed by atoms with Gasteiger partial charge in [0.1, 0.15) is 5.78 Å². The Morgan fingerprint density at radius 2 is 1.69 bits per heavy atom. The van der Waals surface area contributed by atoms with E-state index in [0.717, 1.165) is 32.1 Å². The maximum Gasteiger partial charge on any atom is 0.162 e. The second-order valence-electron chi connectivity index (χ2n) is 12.2. The van der Waals surface area contributed by atoms with Gasteiger partial charge in [0.2, 0.25) is 0 Å². The minimum absolute atomic E-state index is 0.0848. The van der Waals surface area contributed by atoms with Gasteiger partial charge < -0.3 is 14.9 Å². The third-order valence-corrected chi connectivity index (χ3v) is 11.0. The number of aliphatic hydroxyl groups is 2. The average Bonchev–Trinajstić information content (AvgIpc) is 3.03. The van der Waals surface area contributed by atoms with Crippen LogP contribution in [0.15, 0.2) is 11.6 Å². The van der Waals surface area contributed by atoms with E-state index in [1.165, 1.54) is 5.57 Å². The first kappa shape index (κ1) is 20.2. The van der Waals surface area contributed by atoms with Crippen LogP contribution >= 0.6 is 0 Å². The Hall–Kier alpha value is -0.710. The van der Waals surface area contributed by atoms with Crippen LogP contribution in [0.2, 0.25) is 0 Å². The average molecular weight is 403 g/mol. The summed E-state index contributed by atoms with van der Waals surface area (Å²) in [7, 11) is 0. The molecule has 1 aliphatic heterocycles. The molecule has 162 valence electrons. The number of rotatable bonds is 0. The highest BCUT2D eigenvalue weighted by Gasteiger charge is 2.69. The van der Waals surface area contributed by atoms with Crippen LogP contribution in [0.5, 0.6) is 0 Å². The third kappa shape index (κ3) is 2.29. The number of ether oxygens (including phenoxy) is 1. The first-order valence-electron chi connectivity index (χ1n) is 11.7. The van der Waals surface area contributed by atoms with Crippen molar-refractivity contribution in [1.29, 1.82) is 0 Å². The molecule has 0 aromatic heterocycles. The molecule has 3 saturated carbocycles. The number of aliphatic hydroxyl groups excluding tert-OH is 2. The highest BCUT2D eigenvalue weighted by Crippen LogP contribution is 2.73. The van der Waals surface area contributed by atoms with Crippen LogP contribution in [0.4, 0.5) is 0 Å². The van der Waals surface area contributed by atoms with Gasteiger partial charge >= 0.3 is 0 Å². The molecule has 0 radical (unpaired) electrons. The van der Waals surface area contributed by atoms with Crippen LogP contribution in [0.1, 0.15) is 73.1 Å². The molecule has 9 atom stereocenters. The minimum Gasteiger partial charge on any atom is -0.393 e. The van der Waals surface area contributed by atoms with Gasteiger partial charge in [0, 0.05) is 23.2 Å². The normalized spacial score (nSPS) is 56.0. The summed E-state index contributed by atoms with van der Waals surface area (Å²) >= 11 is 0. The van der Waals surface area contributed by atoms with Gasteiger partial charge in [0.15, 0.2) is 6.29 Å². The van der Waals surface area contributed by atoms with E-state index in [9.17, 15) is 15.0 Å². The molecule has 0 aromatic rings. The van der Waals surface area contributed by atoms with Crippen LogP contribution in [-0.2, 0) is 9.53 Å². The molecule has 29 heavy (non-hydrogen) atoms. The van der Waals surface area contributed by atoms with E-state index in [0.29, 0.717) is 36.6 Å². The Morgan fingerprint density at radius 1 is 1.00 bits per heavy atom. The fourth-order valence-electron chi connectivity index (χ4n) is 9.42. The number of hydrogen-bond donors (Lipinski definition) is 2. The second-order valence-corrected chi connectivity index (χ2v) is 12.2. The van der Waals surface area contributed by atoms with E-state index in [2.05, 4.69) is 40.7 Å². The molecule has 5 aliphatic rings. The van der Waals surface area contributed by atoms with Crippen LogP contribution < -0.4 is 0 Å². The number of Topliss-reactive ketones (excluding diaryl/α,β-unsaturated/α-hetero) is 1. The molecule has 0 amide bonds. The maximum atomic E-state index is 12.8. The summed E-state index contributed by atoms with van der Waals surface area (Å²) in [6.07, 6.45) is 6.60. The van der Waals surface area contributed by atoms with Crippen LogP contribution in [0.3, 0.4) is 0 Å². The van der Waals surface area contributed by atoms with Crippen molar-refractivity contribution < 1.29 is 19.7 Å². The van der Waals surface area contributed by atoms with Crippen molar-refractivity contribution in [1.82, 2.24) is 0 Å². The predicted octanol–water partition coefficient (Wildman–Crippen LogP) is 4.10. The fourth-order valence-corrected chi connectivity index (χ4v) is 9.42. The number of hydrogen-bond acceptors (Lipinski definition) is 4. The summed E-state index contributed by atoms with van der Waals surface area (Å²) in [4.78, 5) is 12.8. The molecule has 0 spiro atoms. The fraction of sp³-hybridized carbons (Fsp3) is 0.880. The monoisotopic (exact) mass is 402 g/mol. The van der Waals surface area contributed by atoms with Gasteiger partial charge in [0.05, 0.1) is 12.7 Å². The van der Waals surface area contributed by atoms with Crippen molar-refractivity contribution in [3.63, 3.8) is 0 Å². The summed E-state index contributed by atoms with van der Waals surface area (Å²) < 4.78 is 5.61. The van der Waals surface area contributed by atoms with Gasteiger partial charge in [-0.2, -0.15) is 0 Å². The van der Waals surface area contributed by atoms with Gasteiger partial charge in [-0.25, -0.2) is 0 Å². The lowest BCUT2D eigenvalue weighted by molar-refractivity contribution is -0.245. The Labute approximate surface area is 175 Å². The largest absolute Gasteiger partial charge is 0.393 e. The smallest absolute Gasteiger partial charge is 0.162 e. The Balaban J connectivity index is 1.59. The van der Waals surface area contributed by atoms with Crippen LogP contribution in [-0.4, -0.2) is 35.0 Å². The predicted molar refractivity (Wildman–Crippen MR) is 111 cm³/mol. The first-order valence-corrected chi connectivity index (χ1v) is 11.7. The Bertz CT molecular complexity index is 771. The van der Waals surface area contributed by atoms with Crippen molar-refractivity contribution in [2.24, 2.45) is 45.3 Å². The Kier molecular flexibility index (Phi) is 4.15. The summed E-state index contributed by atoms with van der Waals surface area (Å²) in [6.45, 7) is 11.9. The summed E-state index contributed by atoms with van der Waals surface area (Å²) in [5.41, 5.74) is 0.757. The zero-order valence-electron chi connectivity index (χ0n) is 18.7. The quantitative estimate of drug-likeness (QED) is 0.599. The molecule has 0 aromatic carbocycles. The number of fused-ring (bicyclic) bond motifs is 7. The Morgan fingerprint density at radius 3 is 2.41 bits per heavy atom. The number of carbonyl (C=O) groups is 1. The lowest BCUT2D eigenvalue weighted by atomic mass is 9.34. The molecule has 1 heterocycles. The molecule has 0 bridgehead atoms. The summed E-state index contributed by atoms with van der Waals surface area (Å²) in [6, 6.07) is 0. The standard InChI is InChI=1S/C25H38O4/c1-22(2)15-8-10-24(4)16-7-6-14-13-29-21(28)20(14)25(16,5)19(27)12-17(24)23(15,3)11-9-18(22)26/h6,15-17,19-21,27-28H,7-13H2,1-5H3/t15-,16-,17+,19+,20?,21+,23-,24-,25+/m0/s1. The van der Waals surface area contributed by atoms with E-state index < -0.39 is 12.4 Å². The maximum absolute atomic E-state index is 12.8. The van der Waals surface area contributed by atoms with Crippen molar-refractivity contribution in [2.75, 3.05) is 6.61 Å². The highest BCUT2D eigenvalue weighted by molar-refractivity contribution is 5.85. The molecular formula is C25H38O4. The molecule has 5 rings (SSSR count). The zero-order valence-corrected chi connectivity index (χ0v) is 18.7. The van der Waals surface area contributed by atoms with Crippen molar-refractivity contribution in [3.05, 3.63) is 11.6 Å². The summed E-state index contributed by atoms with van der Waals surface area (Å²) in [5, 5.41) is 22.3. The molecule has 1 saturated heterocycles. The van der Waals surface area contributed by atoms with Crippen LogP contribution in [0.25, 0.3) is 0 Å². The van der Waals surface area contributed by atoms with E-state index in [4.69, 9.17) is 4.74 Å². The van der Waals surface area contributed by atoms with E-state index in [1.807, 2.05) is 0 Å². The van der Waals surface area contributed by atoms with E-state index >= 15 is 0 Å². The highest BCUT2D eigenvalue weighted by atomic mass is 16.6. The number of allylic oxidation sites excluding steroid dienone is 1. The number of ketones is 1. The summed E-state index contributed by atoms with van der Waals surface area (Å²) in [5.74, 6) is 1.45. The second kappa shape index (κ2) is 5.95. The number of carbonyl (C=O) groups excluding carboxylic acids is 1. The van der Waals surface area contributed by atoms with E-state index in [1.54, 1.807) is 0 Å². The zero-order chi connectivity index (χ0) is 21.0. The molecule has 4 aliphatic carbocycles. The molecule has 4 fully saturated rings. The van der Waals surface area contributed by atoms with Gasteiger partial charge in [0.25, 0.3) is 0 Å². The lowest BCUT2D eigenvalue weighted by Gasteiger charge is -2.70. The minimum atomic E-state index is -0.804. The topological polar surface area (TPSA) is 66.8 Å². The molecule has 4 heteroatoms. The third-order valence-electron chi connectivity index (χ3n) is 11.0. The van der Waals surface area contributed by atoms with Crippen molar-refractivity contribution in [2.45, 2.75) is 85.5 Å². The van der Waals surface area contributed by atoms with E-state index in [-0.39, 0.29) is 27.6 Å². The molecule has 1 unspecified atom stereocenters. The van der Waals surface area contributed by atoms with Crippen molar-refractivity contribution in [3.8, 4) is 0 Å². The first-order chi connectivity index (χ1) is 13.5. The molecule has 2 N–H and O–H groups in total. The molecule has 4 nitrogen and oxygen atoms in total. The SMILES string of the molecule is CC1(C)C(=O)CC[C@]2(C)[C@H]3C[C@@H](O)[C@]4(C)C5C(=CC[C@H]4[C@]3(C)CC[C@@H]12)CO[C@H]5O. The van der Waals surface area contributed by atoms with Gasteiger partial charge in [-0.3, -0.25) is 4.79 Å². The lowest BCUT2D eigenvalue weighted by Crippen LogP contribution is -2.67. The van der Waals surface area contributed by atoms with Crippen molar-refractivity contribution >= 4 is 5.78 Å².